The summed E-state index contributed by atoms with van der Waals surface area (Å²) in [6.07, 6.45) is 0.781. The van der Waals surface area contributed by atoms with Crippen LogP contribution in [0.3, 0.4) is 0 Å². The SMILES string of the molecule is CCC(C)C(=O)C(C)(C)N(C(C)=S)c1ccc(N)nc1OC. The van der Waals surface area contributed by atoms with Crippen LogP contribution < -0.4 is 15.4 Å². The van der Waals surface area contributed by atoms with Crippen LogP contribution in [0.1, 0.15) is 41.0 Å². The van der Waals surface area contributed by atoms with Crippen molar-refractivity contribution in [2.24, 2.45) is 5.92 Å². The lowest BCUT2D eigenvalue weighted by atomic mass is 9.86. The van der Waals surface area contributed by atoms with Crippen LogP contribution in [0.25, 0.3) is 0 Å². The van der Waals surface area contributed by atoms with Crippen molar-refractivity contribution < 1.29 is 9.53 Å². The number of hydrogen-bond acceptors (Lipinski definition) is 5. The van der Waals surface area contributed by atoms with Gasteiger partial charge in [-0.1, -0.05) is 26.1 Å². The van der Waals surface area contributed by atoms with E-state index in [1.54, 1.807) is 24.0 Å². The molecule has 1 atom stereocenters. The Morgan fingerprint density at radius 3 is 2.55 bits per heavy atom. The molecular weight excluding hydrogens is 298 g/mol. The third-order valence-corrected chi connectivity index (χ3v) is 4.02. The van der Waals surface area contributed by atoms with Gasteiger partial charge >= 0.3 is 0 Å². The van der Waals surface area contributed by atoms with Gasteiger partial charge < -0.3 is 15.4 Å². The molecule has 0 bridgehead atoms. The number of rotatable bonds is 6. The van der Waals surface area contributed by atoms with E-state index < -0.39 is 5.54 Å². The largest absolute Gasteiger partial charge is 0.479 e. The number of nitrogen functional groups attached to an aromatic ring is 1. The maximum Gasteiger partial charge on any atom is 0.239 e. The second kappa shape index (κ2) is 7.05. The Balaban J connectivity index is 3.42. The highest BCUT2D eigenvalue weighted by molar-refractivity contribution is 7.80. The molecule has 1 aromatic rings. The minimum atomic E-state index is -0.799. The summed E-state index contributed by atoms with van der Waals surface area (Å²) >= 11 is 5.39. The second-order valence-corrected chi connectivity index (χ2v) is 6.44. The number of nitrogens with zero attached hydrogens (tertiary/aromatic N) is 2. The average Bonchev–Trinajstić information content (AvgIpc) is 2.46. The molecule has 6 heteroatoms. The van der Waals surface area contributed by atoms with Crippen molar-refractivity contribution in [3.63, 3.8) is 0 Å². The third-order valence-electron chi connectivity index (χ3n) is 3.83. The Bertz CT molecular complexity index is 573. The van der Waals surface area contributed by atoms with Gasteiger partial charge in [0.15, 0.2) is 5.78 Å². The van der Waals surface area contributed by atoms with Crippen LogP contribution in [0.15, 0.2) is 12.1 Å². The van der Waals surface area contributed by atoms with Crippen molar-refractivity contribution in [1.82, 2.24) is 4.98 Å². The zero-order valence-electron chi connectivity index (χ0n) is 14.1. The first-order valence-electron chi connectivity index (χ1n) is 7.32. The van der Waals surface area contributed by atoms with E-state index in [1.165, 1.54) is 7.11 Å². The molecule has 1 rings (SSSR count). The van der Waals surface area contributed by atoms with Crippen LogP contribution in [0.5, 0.6) is 5.88 Å². The molecule has 0 radical (unpaired) electrons. The van der Waals surface area contributed by atoms with E-state index in [2.05, 4.69) is 4.98 Å². The van der Waals surface area contributed by atoms with Crippen LogP contribution in [0, 0.1) is 5.92 Å². The summed E-state index contributed by atoms with van der Waals surface area (Å²) in [5.74, 6) is 0.778. The van der Waals surface area contributed by atoms with Crippen molar-refractivity contribution >= 4 is 34.5 Å². The molecule has 1 aromatic heterocycles. The number of nitrogens with two attached hydrogens (primary N) is 1. The van der Waals surface area contributed by atoms with E-state index in [-0.39, 0.29) is 11.7 Å². The molecular formula is C16H25N3O2S. The summed E-state index contributed by atoms with van der Waals surface area (Å²) in [7, 11) is 1.52. The zero-order chi connectivity index (χ0) is 17.1. The first-order chi connectivity index (χ1) is 10.2. The van der Waals surface area contributed by atoms with E-state index in [9.17, 15) is 4.79 Å². The standard InChI is InChI=1S/C16H25N3O2S/c1-7-10(2)14(20)16(4,5)19(11(3)22)12-8-9-13(17)18-15(12)21-6/h8-10H,7H2,1-6H3,(H2,17,18). The summed E-state index contributed by atoms with van der Waals surface area (Å²) < 4.78 is 5.32. The summed E-state index contributed by atoms with van der Waals surface area (Å²) in [5, 5.41) is 0. The molecule has 0 aliphatic heterocycles. The normalized spacial score (nSPS) is 12.6. The first kappa shape index (κ1) is 18.4. The molecule has 0 saturated carbocycles. The van der Waals surface area contributed by atoms with Crippen molar-refractivity contribution in [2.75, 3.05) is 17.7 Å². The maximum absolute atomic E-state index is 12.8. The molecule has 1 heterocycles. The van der Waals surface area contributed by atoms with E-state index in [1.807, 2.05) is 27.7 Å². The summed E-state index contributed by atoms with van der Waals surface area (Å²) in [5.41, 5.74) is 5.55. The minimum Gasteiger partial charge on any atom is -0.479 e. The fourth-order valence-corrected chi connectivity index (χ4v) is 2.86. The van der Waals surface area contributed by atoms with Gasteiger partial charge in [-0.2, -0.15) is 4.98 Å². The minimum absolute atomic E-state index is 0.0559. The number of aromatic nitrogens is 1. The Morgan fingerprint density at radius 1 is 1.50 bits per heavy atom. The summed E-state index contributed by atoms with van der Waals surface area (Å²) in [6, 6.07) is 3.45. The number of pyridine rings is 1. The number of methoxy groups -OCH3 is 1. The van der Waals surface area contributed by atoms with Crippen LogP contribution in [0.2, 0.25) is 0 Å². The molecule has 0 spiro atoms. The number of ether oxygens (including phenoxy) is 1. The summed E-state index contributed by atoms with van der Waals surface area (Å²) in [4.78, 5) is 19.3. The molecule has 0 fully saturated rings. The average molecular weight is 323 g/mol. The lowest BCUT2D eigenvalue weighted by Gasteiger charge is -2.40. The highest BCUT2D eigenvalue weighted by atomic mass is 32.1. The van der Waals surface area contributed by atoms with E-state index in [0.717, 1.165) is 6.42 Å². The molecule has 5 nitrogen and oxygen atoms in total. The van der Waals surface area contributed by atoms with Crippen molar-refractivity contribution in [1.29, 1.82) is 0 Å². The smallest absolute Gasteiger partial charge is 0.239 e. The van der Waals surface area contributed by atoms with Crippen LogP contribution >= 0.6 is 12.2 Å². The highest BCUT2D eigenvalue weighted by Crippen LogP contribution is 2.34. The van der Waals surface area contributed by atoms with Gasteiger partial charge in [0.25, 0.3) is 0 Å². The number of thiocarbonyl (C=S) groups is 1. The number of carbonyl (C=O) groups excluding carboxylic acids is 1. The lowest BCUT2D eigenvalue weighted by molar-refractivity contribution is -0.126. The van der Waals surface area contributed by atoms with Gasteiger partial charge in [-0.05, 0) is 39.3 Å². The Labute approximate surface area is 137 Å². The number of hydrogen-bond donors (Lipinski definition) is 1. The quantitative estimate of drug-likeness (QED) is 0.811. The fraction of sp³-hybridized carbons (Fsp3) is 0.562. The molecule has 1 unspecified atom stereocenters. The molecule has 22 heavy (non-hydrogen) atoms. The van der Waals surface area contributed by atoms with Crippen molar-refractivity contribution in [2.45, 2.75) is 46.6 Å². The molecule has 0 aliphatic rings. The van der Waals surface area contributed by atoms with Gasteiger partial charge in [-0.25, -0.2) is 0 Å². The third kappa shape index (κ3) is 3.55. The van der Waals surface area contributed by atoms with Crippen LogP contribution in [0.4, 0.5) is 11.5 Å². The molecule has 0 saturated heterocycles. The van der Waals surface area contributed by atoms with Gasteiger partial charge in [0.05, 0.1) is 17.6 Å². The number of Topliss-reactive ketones (excluding diaryl/α,β-unsaturated/α-hetero) is 1. The monoisotopic (exact) mass is 323 g/mol. The predicted molar refractivity (Wildman–Crippen MR) is 94.5 cm³/mol. The molecule has 0 amide bonds. The fourth-order valence-electron chi connectivity index (χ4n) is 2.53. The highest BCUT2D eigenvalue weighted by Gasteiger charge is 2.39. The maximum atomic E-state index is 12.8. The van der Waals surface area contributed by atoms with Gasteiger partial charge in [0.2, 0.25) is 5.88 Å². The topological polar surface area (TPSA) is 68.5 Å². The first-order valence-corrected chi connectivity index (χ1v) is 7.73. The molecule has 2 N–H and O–H groups in total. The molecule has 0 aromatic carbocycles. The van der Waals surface area contributed by atoms with E-state index in [4.69, 9.17) is 22.7 Å². The summed E-state index contributed by atoms with van der Waals surface area (Å²) in [6.45, 7) is 9.45. The second-order valence-electron chi connectivity index (χ2n) is 5.85. The molecule has 122 valence electrons. The number of carbonyl (C=O) groups is 1. The molecule has 0 aliphatic carbocycles. The predicted octanol–water partition coefficient (Wildman–Crippen LogP) is 3.22. The number of anilines is 2. The van der Waals surface area contributed by atoms with E-state index >= 15 is 0 Å². The van der Waals surface area contributed by atoms with E-state index in [0.29, 0.717) is 22.4 Å². The van der Waals surface area contributed by atoms with Gasteiger partial charge in [0, 0.05) is 5.92 Å². The van der Waals surface area contributed by atoms with Crippen molar-refractivity contribution in [3.05, 3.63) is 12.1 Å². The Morgan fingerprint density at radius 2 is 2.09 bits per heavy atom. The van der Waals surface area contributed by atoms with Gasteiger partial charge in [0.1, 0.15) is 11.5 Å². The Hall–Kier alpha value is -1.69. The zero-order valence-corrected chi connectivity index (χ0v) is 15.0. The van der Waals surface area contributed by atoms with Crippen molar-refractivity contribution in [3.8, 4) is 5.88 Å². The van der Waals surface area contributed by atoms with Crippen LogP contribution in [-0.4, -0.2) is 28.4 Å². The Kier molecular flexibility index (Phi) is 5.88. The number of ketones is 1. The van der Waals surface area contributed by atoms with Gasteiger partial charge in [-0.15, -0.1) is 0 Å². The lowest BCUT2D eigenvalue weighted by Crippen LogP contribution is -2.54. The van der Waals surface area contributed by atoms with Gasteiger partial charge in [-0.3, -0.25) is 4.79 Å². The van der Waals surface area contributed by atoms with Crippen LogP contribution in [-0.2, 0) is 4.79 Å².